The SMILES string of the molecule is CCc1nc2n(c(=O)c1C(=O)O)C(C)CCC2=NNc1cccc(C)c1. The van der Waals surface area contributed by atoms with Crippen LogP contribution in [0.5, 0.6) is 0 Å². The Hall–Kier alpha value is -2.96. The molecule has 0 radical (unpaired) electrons. The molecule has 0 bridgehead atoms. The Bertz CT molecular complexity index is 946. The van der Waals surface area contributed by atoms with Gasteiger partial charge in [0.2, 0.25) is 0 Å². The molecule has 3 rings (SSSR count). The number of carboxylic acids is 1. The lowest BCUT2D eigenvalue weighted by Crippen LogP contribution is -2.38. The molecule has 0 spiro atoms. The first kappa shape index (κ1) is 17.8. The van der Waals surface area contributed by atoms with Gasteiger partial charge in [0.15, 0.2) is 5.82 Å². The number of hydrazone groups is 1. The highest BCUT2D eigenvalue weighted by Crippen LogP contribution is 2.23. The van der Waals surface area contributed by atoms with Crippen molar-refractivity contribution in [2.24, 2.45) is 5.10 Å². The van der Waals surface area contributed by atoms with Crippen molar-refractivity contribution in [3.8, 4) is 0 Å². The van der Waals surface area contributed by atoms with Crippen LogP contribution in [-0.2, 0) is 6.42 Å². The van der Waals surface area contributed by atoms with Gasteiger partial charge in [0.1, 0.15) is 11.3 Å². The minimum atomic E-state index is -1.23. The third-order valence-electron chi connectivity index (χ3n) is 4.57. The summed E-state index contributed by atoms with van der Waals surface area (Å²) in [5.74, 6) is -0.778. The summed E-state index contributed by atoms with van der Waals surface area (Å²) in [7, 11) is 0. The minimum Gasteiger partial charge on any atom is -0.477 e. The number of benzene rings is 1. The average Bonchev–Trinajstić information content (AvgIpc) is 2.60. The Labute approximate surface area is 151 Å². The average molecular weight is 354 g/mol. The zero-order valence-electron chi connectivity index (χ0n) is 15.1. The molecule has 26 heavy (non-hydrogen) atoms. The molecule has 1 aliphatic heterocycles. The predicted molar refractivity (Wildman–Crippen MR) is 100 cm³/mol. The molecule has 7 nitrogen and oxygen atoms in total. The van der Waals surface area contributed by atoms with Gasteiger partial charge in [0.25, 0.3) is 5.56 Å². The van der Waals surface area contributed by atoms with E-state index in [9.17, 15) is 14.7 Å². The maximum Gasteiger partial charge on any atom is 0.343 e. The lowest BCUT2D eigenvalue weighted by molar-refractivity contribution is 0.0692. The molecule has 0 amide bonds. The van der Waals surface area contributed by atoms with Crippen LogP contribution in [0.1, 0.15) is 60.2 Å². The van der Waals surface area contributed by atoms with E-state index in [1.807, 2.05) is 38.1 Å². The molecule has 1 unspecified atom stereocenters. The highest BCUT2D eigenvalue weighted by molar-refractivity contribution is 5.99. The summed E-state index contributed by atoms with van der Waals surface area (Å²) in [6, 6.07) is 7.70. The van der Waals surface area contributed by atoms with Gasteiger partial charge < -0.3 is 5.11 Å². The largest absolute Gasteiger partial charge is 0.477 e. The molecule has 1 aromatic carbocycles. The monoisotopic (exact) mass is 354 g/mol. The van der Waals surface area contributed by atoms with E-state index in [0.717, 1.165) is 11.3 Å². The Morgan fingerprint density at radius 2 is 2.23 bits per heavy atom. The van der Waals surface area contributed by atoms with Crippen LogP contribution < -0.4 is 11.0 Å². The van der Waals surface area contributed by atoms with E-state index in [-0.39, 0.29) is 11.6 Å². The van der Waals surface area contributed by atoms with E-state index in [4.69, 9.17) is 0 Å². The number of hydrogen-bond donors (Lipinski definition) is 2. The van der Waals surface area contributed by atoms with E-state index >= 15 is 0 Å². The summed E-state index contributed by atoms with van der Waals surface area (Å²) in [5, 5.41) is 13.9. The molecule has 1 atom stereocenters. The smallest absolute Gasteiger partial charge is 0.343 e. The number of aromatic carboxylic acids is 1. The Balaban J connectivity index is 2.09. The van der Waals surface area contributed by atoms with Crippen molar-refractivity contribution in [1.29, 1.82) is 0 Å². The number of nitrogens with zero attached hydrogens (tertiary/aromatic N) is 3. The number of hydrogen-bond acceptors (Lipinski definition) is 5. The molecule has 2 N–H and O–H groups in total. The molecule has 2 aromatic rings. The van der Waals surface area contributed by atoms with Crippen molar-refractivity contribution in [1.82, 2.24) is 9.55 Å². The summed E-state index contributed by atoms with van der Waals surface area (Å²) >= 11 is 0. The van der Waals surface area contributed by atoms with Crippen molar-refractivity contribution in [3.63, 3.8) is 0 Å². The van der Waals surface area contributed by atoms with Gasteiger partial charge in [-0.3, -0.25) is 14.8 Å². The standard InChI is InChI=1S/C19H22N4O3/c1-4-14-16(19(25)26)18(24)23-12(3)8-9-15(17(23)20-14)22-21-13-7-5-6-11(2)10-13/h5-7,10,12,21H,4,8-9H2,1-3H3,(H,25,26). The van der Waals surface area contributed by atoms with Crippen molar-refractivity contribution < 1.29 is 9.90 Å². The zero-order valence-corrected chi connectivity index (χ0v) is 15.1. The zero-order chi connectivity index (χ0) is 18.8. The maximum absolute atomic E-state index is 12.8. The van der Waals surface area contributed by atoms with Gasteiger partial charge in [-0.2, -0.15) is 5.10 Å². The van der Waals surface area contributed by atoms with Gasteiger partial charge in [0.05, 0.1) is 11.4 Å². The number of aryl methyl sites for hydroxylation is 2. The van der Waals surface area contributed by atoms with Gasteiger partial charge in [-0.1, -0.05) is 19.1 Å². The molecular weight excluding hydrogens is 332 g/mol. The summed E-state index contributed by atoms with van der Waals surface area (Å²) in [5.41, 5.74) is 5.20. The van der Waals surface area contributed by atoms with Gasteiger partial charge >= 0.3 is 5.97 Å². The molecule has 0 saturated carbocycles. The molecule has 2 heterocycles. The van der Waals surface area contributed by atoms with Crippen molar-refractivity contribution >= 4 is 17.4 Å². The highest BCUT2D eigenvalue weighted by atomic mass is 16.4. The lowest BCUT2D eigenvalue weighted by Gasteiger charge is -2.26. The van der Waals surface area contributed by atoms with Crippen molar-refractivity contribution in [3.05, 3.63) is 57.3 Å². The number of aromatic nitrogens is 2. The molecule has 0 aliphatic carbocycles. The normalized spacial score (nSPS) is 17.8. The first-order valence-electron chi connectivity index (χ1n) is 8.70. The lowest BCUT2D eigenvalue weighted by atomic mass is 10.0. The van der Waals surface area contributed by atoms with Crippen LogP contribution in [0, 0.1) is 6.92 Å². The fourth-order valence-corrected chi connectivity index (χ4v) is 3.20. The molecular formula is C19H22N4O3. The Kier molecular flexibility index (Phi) is 4.88. The van der Waals surface area contributed by atoms with Gasteiger partial charge in [0, 0.05) is 6.04 Å². The van der Waals surface area contributed by atoms with Crippen LogP contribution >= 0.6 is 0 Å². The second-order valence-corrected chi connectivity index (χ2v) is 6.52. The van der Waals surface area contributed by atoms with E-state index in [0.29, 0.717) is 36.5 Å². The van der Waals surface area contributed by atoms with Gasteiger partial charge in [-0.25, -0.2) is 9.78 Å². The Morgan fingerprint density at radius 3 is 2.88 bits per heavy atom. The predicted octanol–water partition coefficient (Wildman–Crippen LogP) is 2.98. The second-order valence-electron chi connectivity index (χ2n) is 6.52. The molecule has 1 aromatic heterocycles. The molecule has 0 fully saturated rings. The third kappa shape index (κ3) is 3.24. The van der Waals surface area contributed by atoms with Gasteiger partial charge in [-0.15, -0.1) is 0 Å². The number of carbonyl (C=O) groups is 1. The fraction of sp³-hybridized carbons (Fsp3) is 0.368. The quantitative estimate of drug-likeness (QED) is 0.823. The fourth-order valence-electron chi connectivity index (χ4n) is 3.20. The number of carboxylic acid groups (broad SMARTS) is 1. The van der Waals surface area contributed by atoms with E-state index in [1.54, 1.807) is 6.92 Å². The summed E-state index contributed by atoms with van der Waals surface area (Å²) < 4.78 is 1.46. The molecule has 0 saturated heterocycles. The number of fused-ring (bicyclic) bond motifs is 1. The molecule has 7 heteroatoms. The molecule has 1 aliphatic rings. The van der Waals surface area contributed by atoms with Crippen LogP contribution in [0.4, 0.5) is 5.69 Å². The van der Waals surface area contributed by atoms with Crippen LogP contribution in [0.2, 0.25) is 0 Å². The van der Waals surface area contributed by atoms with Crippen LogP contribution in [0.25, 0.3) is 0 Å². The Morgan fingerprint density at radius 1 is 1.46 bits per heavy atom. The first-order valence-corrected chi connectivity index (χ1v) is 8.70. The number of anilines is 1. The van der Waals surface area contributed by atoms with Crippen molar-refractivity contribution in [2.45, 2.75) is 46.1 Å². The number of nitrogens with one attached hydrogen (secondary N) is 1. The minimum absolute atomic E-state index is 0.119. The van der Waals surface area contributed by atoms with E-state index < -0.39 is 11.5 Å². The van der Waals surface area contributed by atoms with E-state index in [2.05, 4.69) is 15.5 Å². The third-order valence-corrected chi connectivity index (χ3v) is 4.57. The summed E-state index contributed by atoms with van der Waals surface area (Å²) in [4.78, 5) is 28.8. The van der Waals surface area contributed by atoms with Crippen LogP contribution in [0.15, 0.2) is 34.2 Å². The van der Waals surface area contributed by atoms with Crippen molar-refractivity contribution in [2.75, 3.05) is 5.43 Å². The molecule has 136 valence electrons. The highest BCUT2D eigenvalue weighted by Gasteiger charge is 2.29. The number of rotatable bonds is 4. The van der Waals surface area contributed by atoms with Crippen LogP contribution in [0.3, 0.4) is 0 Å². The topological polar surface area (TPSA) is 96.6 Å². The van der Waals surface area contributed by atoms with Crippen LogP contribution in [-0.4, -0.2) is 26.3 Å². The summed E-state index contributed by atoms with van der Waals surface area (Å²) in [6.07, 6.45) is 1.74. The summed E-state index contributed by atoms with van der Waals surface area (Å²) in [6.45, 7) is 5.69. The van der Waals surface area contributed by atoms with Gasteiger partial charge in [-0.05, 0) is 50.8 Å². The van der Waals surface area contributed by atoms with E-state index in [1.165, 1.54) is 4.57 Å². The first-order chi connectivity index (χ1) is 12.4. The maximum atomic E-state index is 12.8. The second kappa shape index (κ2) is 7.11.